The van der Waals surface area contributed by atoms with Crippen LogP contribution in [0.1, 0.15) is 49.5 Å². The molecule has 0 radical (unpaired) electrons. The fourth-order valence-electron chi connectivity index (χ4n) is 3.33. The number of nitrogens with zero attached hydrogens (tertiary/aromatic N) is 1. The summed E-state index contributed by atoms with van der Waals surface area (Å²) in [6.07, 6.45) is -0.181. The summed E-state index contributed by atoms with van der Waals surface area (Å²) in [5, 5.41) is 11.4. The van der Waals surface area contributed by atoms with Gasteiger partial charge in [-0.2, -0.15) is 0 Å². The maximum atomic E-state index is 13.2. The van der Waals surface area contributed by atoms with Crippen LogP contribution < -0.4 is 4.90 Å². The standard InChI is InChI=1S/C27H27NO6/c1-4-27(2,3)34-26(33)23(29)16-24(30)28(22-11-7-10-21(15-22)25(31)32)17-18-12-13-19-8-5-6-9-20(19)14-18/h5-15H,4,16-17H2,1-3H3,(H,31,32). The lowest BCUT2D eigenvalue weighted by Gasteiger charge is -2.25. The third kappa shape index (κ3) is 6.07. The minimum Gasteiger partial charge on any atom is -0.478 e. The van der Waals surface area contributed by atoms with Crippen molar-refractivity contribution in [3.63, 3.8) is 0 Å². The number of anilines is 1. The second-order valence-corrected chi connectivity index (χ2v) is 8.62. The Bertz CT molecular complexity index is 1250. The van der Waals surface area contributed by atoms with E-state index in [9.17, 15) is 24.3 Å². The van der Waals surface area contributed by atoms with E-state index >= 15 is 0 Å². The van der Waals surface area contributed by atoms with Gasteiger partial charge < -0.3 is 14.7 Å². The molecule has 0 aliphatic carbocycles. The van der Waals surface area contributed by atoms with Gasteiger partial charge in [0.1, 0.15) is 5.60 Å². The molecule has 0 unspecified atom stereocenters. The normalized spacial score (nSPS) is 11.1. The Morgan fingerprint density at radius 3 is 2.29 bits per heavy atom. The van der Waals surface area contributed by atoms with Crippen LogP contribution in [0, 0.1) is 0 Å². The molecule has 0 aliphatic rings. The summed E-state index contributed by atoms with van der Waals surface area (Å²) in [6, 6.07) is 19.4. The molecule has 0 aliphatic heterocycles. The number of ketones is 1. The van der Waals surface area contributed by atoms with Crippen LogP contribution in [0.15, 0.2) is 66.7 Å². The molecule has 1 N–H and O–H groups in total. The van der Waals surface area contributed by atoms with Crippen LogP contribution in [-0.2, 0) is 25.7 Å². The van der Waals surface area contributed by atoms with E-state index in [2.05, 4.69) is 0 Å². The van der Waals surface area contributed by atoms with Crippen LogP contribution in [0.5, 0.6) is 0 Å². The molecule has 0 saturated heterocycles. The zero-order valence-corrected chi connectivity index (χ0v) is 19.4. The maximum absolute atomic E-state index is 13.2. The predicted octanol–water partition coefficient (Wildman–Crippen LogP) is 4.76. The molecule has 3 rings (SSSR count). The van der Waals surface area contributed by atoms with Gasteiger partial charge in [-0.15, -0.1) is 0 Å². The lowest BCUT2D eigenvalue weighted by Crippen LogP contribution is -2.36. The fraction of sp³-hybridized carbons (Fsp3) is 0.259. The molecule has 0 spiro atoms. The van der Waals surface area contributed by atoms with Gasteiger partial charge in [0.05, 0.1) is 18.5 Å². The van der Waals surface area contributed by atoms with Crippen molar-refractivity contribution in [2.24, 2.45) is 0 Å². The number of carboxylic acids is 1. The second-order valence-electron chi connectivity index (χ2n) is 8.62. The Kier molecular flexibility index (Phi) is 7.46. The number of hydrogen-bond donors (Lipinski definition) is 1. The topological polar surface area (TPSA) is 101 Å². The van der Waals surface area contributed by atoms with E-state index in [1.807, 2.05) is 49.4 Å². The SMILES string of the molecule is CCC(C)(C)OC(=O)C(=O)CC(=O)N(Cc1ccc2ccccc2c1)c1cccc(C(=O)O)c1. The highest BCUT2D eigenvalue weighted by molar-refractivity contribution is 6.37. The van der Waals surface area contributed by atoms with Gasteiger partial charge >= 0.3 is 11.9 Å². The lowest BCUT2D eigenvalue weighted by atomic mass is 10.1. The van der Waals surface area contributed by atoms with Crippen LogP contribution in [0.25, 0.3) is 10.8 Å². The summed E-state index contributed by atoms with van der Waals surface area (Å²) in [7, 11) is 0. The molecule has 1 amide bonds. The average molecular weight is 462 g/mol. The Balaban J connectivity index is 1.90. The van der Waals surface area contributed by atoms with Crippen LogP contribution in [0.4, 0.5) is 5.69 Å². The molecule has 0 bridgehead atoms. The van der Waals surface area contributed by atoms with E-state index in [0.717, 1.165) is 16.3 Å². The monoisotopic (exact) mass is 461 g/mol. The fourth-order valence-corrected chi connectivity index (χ4v) is 3.33. The van der Waals surface area contributed by atoms with Gasteiger partial charge in [0.2, 0.25) is 11.7 Å². The van der Waals surface area contributed by atoms with Crippen molar-refractivity contribution in [1.82, 2.24) is 0 Å². The third-order valence-electron chi connectivity index (χ3n) is 5.62. The first-order chi connectivity index (χ1) is 16.1. The van der Waals surface area contributed by atoms with Gasteiger partial charge in [-0.3, -0.25) is 9.59 Å². The molecule has 7 nitrogen and oxygen atoms in total. The summed E-state index contributed by atoms with van der Waals surface area (Å²) in [5.74, 6) is -3.79. The number of benzene rings is 3. The molecule has 34 heavy (non-hydrogen) atoms. The Morgan fingerprint density at radius 2 is 1.62 bits per heavy atom. The summed E-state index contributed by atoms with van der Waals surface area (Å²) in [6.45, 7) is 5.28. The molecule has 3 aromatic rings. The van der Waals surface area contributed by atoms with E-state index < -0.39 is 35.7 Å². The van der Waals surface area contributed by atoms with Crippen molar-refractivity contribution < 1.29 is 29.0 Å². The highest BCUT2D eigenvalue weighted by Crippen LogP contribution is 2.23. The number of hydrogen-bond acceptors (Lipinski definition) is 5. The van der Waals surface area contributed by atoms with E-state index in [4.69, 9.17) is 4.74 Å². The highest BCUT2D eigenvalue weighted by atomic mass is 16.6. The van der Waals surface area contributed by atoms with Gasteiger partial charge in [0.15, 0.2) is 0 Å². The summed E-state index contributed by atoms with van der Waals surface area (Å²) in [5.41, 5.74) is 0.281. The number of ether oxygens (including phenoxy) is 1. The van der Waals surface area contributed by atoms with Crippen molar-refractivity contribution in [1.29, 1.82) is 0 Å². The van der Waals surface area contributed by atoms with E-state index in [-0.39, 0.29) is 12.1 Å². The summed E-state index contributed by atoms with van der Waals surface area (Å²) < 4.78 is 5.22. The molecule has 176 valence electrons. The molecule has 0 heterocycles. The number of esters is 1. The van der Waals surface area contributed by atoms with Gasteiger partial charge in [-0.05, 0) is 60.9 Å². The van der Waals surface area contributed by atoms with E-state index in [1.165, 1.54) is 23.1 Å². The predicted molar refractivity (Wildman–Crippen MR) is 129 cm³/mol. The minimum atomic E-state index is -1.14. The molecule has 0 aromatic heterocycles. The quantitative estimate of drug-likeness (QED) is 0.280. The van der Waals surface area contributed by atoms with Crippen molar-refractivity contribution >= 4 is 40.1 Å². The minimum absolute atomic E-state index is 0.00393. The van der Waals surface area contributed by atoms with Gasteiger partial charge in [0.25, 0.3) is 0 Å². The van der Waals surface area contributed by atoms with Crippen LogP contribution >= 0.6 is 0 Å². The number of aromatic carboxylic acids is 1. The first kappa shape index (κ1) is 24.6. The first-order valence-electron chi connectivity index (χ1n) is 11.0. The zero-order chi connectivity index (χ0) is 24.9. The van der Waals surface area contributed by atoms with Crippen molar-refractivity contribution in [3.05, 3.63) is 77.9 Å². The van der Waals surface area contributed by atoms with Gasteiger partial charge in [0, 0.05) is 5.69 Å². The first-order valence-corrected chi connectivity index (χ1v) is 11.0. The van der Waals surface area contributed by atoms with Gasteiger partial charge in [-0.25, -0.2) is 9.59 Å². The Labute approximate surface area is 197 Å². The highest BCUT2D eigenvalue weighted by Gasteiger charge is 2.29. The Hall–Kier alpha value is -4.00. The van der Waals surface area contributed by atoms with E-state index in [1.54, 1.807) is 19.9 Å². The van der Waals surface area contributed by atoms with Crippen molar-refractivity contribution in [2.75, 3.05) is 4.90 Å². The van der Waals surface area contributed by atoms with E-state index in [0.29, 0.717) is 12.1 Å². The molecule has 0 fully saturated rings. The number of rotatable bonds is 9. The van der Waals surface area contributed by atoms with Crippen LogP contribution in [0.2, 0.25) is 0 Å². The molecule has 0 atom stereocenters. The number of amides is 1. The third-order valence-corrected chi connectivity index (χ3v) is 5.62. The number of carboxylic acid groups (broad SMARTS) is 1. The lowest BCUT2D eigenvalue weighted by molar-refractivity contribution is -0.164. The molecular weight excluding hydrogens is 434 g/mol. The largest absolute Gasteiger partial charge is 0.478 e. The number of carbonyl (C=O) groups is 4. The van der Waals surface area contributed by atoms with Crippen molar-refractivity contribution in [3.8, 4) is 0 Å². The summed E-state index contributed by atoms with van der Waals surface area (Å²) >= 11 is 0. The van der Waals surface area contributed by atoms with Crippen LogP contribution in [0.3, 0.4) is 0 Å². The maximum Gasteiger partial charge on any atom is 0.375 e. The number of fused-ring (bicyclic) bond motifs is 1. The summed E-state index contributed by atoms with van der Waals surface area (Å²) in [4.78, 5) is 50.7. The van der Waals surface area contributed by atoms with Gasteiger partial charge in [-0.1, -0.05) is 49.4 Å². The number of Topliss-reactive ketones (excluding diaryl/α,β-unsaturated/α-hetero) is 1. The van der Waals surface area contributed by atoms with Crippen molar-refractivity contribution in [2.45, 2.75) is 45.8 Å². The number of carbonyl (C=O) groups excluding carboxylic acids is 3. The molecule has 0 saturated carbocycles. The smallest absolute Gasteiger partial charge is 0.375 e. The molecular formula is C27H27NO6. The molecule has 7 heteroatoms. The average Bonchev–Trinajstić information content (AvgIpc) is 2.82. The Morgan fingerprint density at radius 1 is 0.912 bits per heavy atom. The van der Waals surface area contributed by atoms with Crippen LogP contribution in [-0.4, -0.2) is 34.3 Å². The second kappa shape index (κ2) is 10.3. The zero-order valence-electron chi connectivity index (χ0n) is 19.4. The molecule has 3 aromatic carbocycles.